The molecule has 19 heavy (non-hydrogen) atoms. The molecule has 1 aromatic carbocycles. The van der Waals surface area contributed by atoms with Crippen LogP contribution in [0.5, 0.6) is 0 Å². The highest BCUT2D eigenvalue weighted by Crippen LogP contribution is 2.20. The Hall–Kier alpha value is -1.88. The van der Waals surface area contributed by atoms with E-state index in [0.29, 0.717) is 10.7 Å². The van der Waals surface area contributed by atoms with E-state index in [2.05, 4.69) is 21.5 Å². The van der Waals surface area contributed by atoms with Crippen LogP contribution in [-0.2, 0) is 10.0 Å². The number of sulfonamides is 1. The third-order valence-corrected chi connectivity index (χ3v) is 4.35. The van der Waals surface area contributed by atoms with Gasteiger partial charge in [-0.1, -0.05) is 24.0 Å². The van der Waals surface area contributed by atoms with Crippen molar-refractivity contribution in [2.45, 2.75) is 4.90 Å². The Balaban J connectivity index is 2.40. The van der Waals surface area contributed by atoms with E-state index in [4.69, 9.17) is 5.11 Å². The van der Waals surface area contributed by atoms with Gasteiger partial charge in [0.05, 0.1) is 0 Å². The van der Waals surface area contributed by atoms with Crippen LogP contribution in [0.1, 0.15) is 5.56 Å². The summed E-state index contributed by atoms with van der Waals surface area (Å²) in [5.74, 6) is 5.05. The summed E-state index contributed by atoms with van der Waals surface area (Å²) in [5.41, 5.74) is 0.334. The summed E-state index contributed by atoms with van der Waals surface area (Å²) in [7, 11) is -3.73. The van der Waals surface area contributed by atoms with Gasteiger partial charge in [-0.05, 0) is 12.1 Å². The van der Waals surface area contributed by atoms with E-state index >= 15 is 0 Å². The maximum absolute atomic E-state index is 12.2. The summed E-state index contributed by atoms with van der Waals surface area (Å²) in [4.78, 5) is 3.93. The van der Waals surface area contributed by atoms with Gasteiger partial charge in [-0.15, -0.1) is 11.3 Å². The molecule has 2 rings (SSSR count). The van der Waals surface area contributed by atoms with Crippen LogP contribution in [0, 0.1) is 11.8 Å². The van der Waals surface area contributed by atoms with Gasteiger partial charge in [-0.3, -0.25) is 4.72 Å². The number of aliphatic hydroxyl groups is 1. The monoisotopic (exact) mass is 294 g/mol. The Kier molecular flexibility index (Phi) is 4.16. The highest BCUT2D eigenvalue weighted by Gasteiger charge is 2.18. The van der Waals surface area contributed by atoms with E-state index in [1.54, 1.807) is 23.6 Å². The van der Waals surface area contributed by atoms with E-state index in [9.17, 15) is 8.42 Å². The van der Waals surface area contributed by atoms with Crippen molar-refractivity contribution in [3.8, 4) is 11.8 Å². The van der Waals surface area contributed by atoms with Crippen molar-refractivity contribution < 1.29 is 13.5 Å². The van der Waals surface area contributed by atoms with E-state index < -0.39 is 10.0 Å². The largest absolute Gasteiger partial charge is 0.384 e. The van der Waals surface area contributed by atoms with Crippen molar-refractivity contribution in [2.24, 2.45) is 0 Å². The van der Waals surface area contributed by atoms with Gasteiger partial charge in [0, 0.05) is 17.1 Å². The van der Waals surface area contributed by atoms with Crippen LogP contribution in [-0.4, -0.2) is 25.1 Å². The van der Waals surface area contributed by atoms with Crippen molar-refractivity contribution in [1.82, 2.24) is 4.98 Å². The molecule has 0 aliphatic carbocycles. The summed E-state index contributed by atoms with van der Waals surface area (Å²) >= 11 is 1.19. The first-order valence-corrected chi connectivity index (χ1v) is 7.61. The quantitative estimate of drug-likeness (QED) is 0.836. The predicted octanol–water partition coefficient (Wildman–Crippen LogP) is 1.29. The molecule has 2 aromatic rings. The highest BCUT2D eigenvalue weighted by molar-refractivity contribution is 7.93. The molecule has 0 radical (unpaired) electrons. The first kappa shape index (κ1) is 13.5. The molecule has 0 unspecified atom stereocenters. The molecule has 0 spiro atoms. The van der Waals surface area contributed by atoms with Crippen LogP contribution in [0.15, 0.2) is 40.7 Å². The topological polar surface area (TPSA) is 79.3 Å². The summed E-state index contributed by atoms with van der Waals surface area (Å²) in [6.45, 7) is -0.325. The lowest BCUT2D eigenvalue weighted by Gasteiger charge is -2.06. The van der Waals surface area contributed by atoms with E-state index in [-0.39, 0.29) is 11.5 Å². The number of thiazole rings is 1. The van der Waals surface area contributed by atoms with Gasteiger partial charge in [0.25, 0.3) is 10.0 Å². The van der Waals surface area contributed by atoms with Gasteiger partial charge >= 0.3 is 0 Å². The zero-order valence-electron chi connectivity index (χ0n) is 9.70. The molecular weight excluding hydrogens is 284 g/mol. The molecule has 0 saturated carbocycles. The Morgan fingerprint density at radius 1 is 1.37 bits per heavy atom. The average molecular weight is 294 g/mol. The van der Waals surface area contributed by atoms with Gasteiger partial charge in [-0.2, -0.15) is 0 Å². The summed E-state index contributed by atoms with van der Waals surface area (Å²) in [5, 5.41) is 10.7. The Morgan fingerprint density at radius 2 is 2.16 bits per heavy atom. The standard InChI is InChI=1S/C12H10N2O3S2/c15-8-3-5-10-4-1-2-6-11(10)19(16,17)14-12-13-7-9-18-12/h1-2,4,6-7,9,15H,8H2,(H,13,14). The molecule has 1 heterocycles. The molecule has 0 bridgehead atoms. The van der Waals surface area contributed by atoms with Gasteiger partial charge < -0.3 is 5.11 Å². The number of anilines is 1. The molecule has 0 aliphatic heterocycles. The van der Waals surface area contributed by atoms with E-state index in [1.807, 2.05) is 0 Å². The number of nitrogens with one attached hydrogen (secondary N) is 1. The fourth-order valence-corrected chi connectivity index (χ4v) is 3.34. The zero-order chi connectivity index (χ0) is 13.7. The summed E-state index contributed by atoms with van der Waals surface area (Å²) < 4.78 is 26.8. The molecule has 2 N–H and O–H groups in total. The minimum atomic E-state index is -3.73. The maximum atomic E-state index is 12.2. The van der Waals surface area contributed by atoms with Crippen LogP contribution in [0.3, 0.4) is 0 Å². The minimum absolute atomic E-state index is 0.0613. The van der Waals surface area contributed by atoms with Crippen molar-refractivity contribution in [3.63, 3.8) is 0 Å². The SMILES string of the molecule is O=S(=O)(Nc1nccs1)c1ccccc1C#CCO. The second-order valence-corrected chi connectivity index (χ2v) is 5.94. The molecule has 0 saturated heterocycles. The third-order valence-electron chi connectivity index (χ3n) is 2.13. The first-order chi connectivity index (χ1) is 9.13. The number of aromatic nitrogens is 1. The maximum Gasteiger partial charge on any atom is 0.264 e. The average Bonchev–Trinajstić information content (AvgIpc) is 2.88. The van der Waals surface area contributed by atoms with Crippen LogP contribution in [0.25, 0.3) is 0 Å². The molecule has 0 amide bonds. The van der Waals surface area contributed by atoms with E-state index in [0.717, 1.165) is 0 Å². The zero-order valence-corrected chi connectivity index (χ0v) is 11.3. The van der Waals surface area contributed by atoms with Crippen LogP contribution in [0.2, 0.25) is 0 Å². The number of aliphatic hydroxyl groups excluding tert-OH is 1. The molecule has 0 fully saturated rings. The third kappa shape index (κ3) is 3.32. The van der Waals surface area contributed by atoms with Crippen LogP contribution in [0.4, 0.5) is 5.13 Å². The van der Waals surface area contributed by atoms with Crippen LogP contribution < -0.4 is 4.72 Å². The summed E-state index contributed by atoms with van der Waals surface area (Å²) in [6, 6.07) is 6.33. The van der Waals surface area contributed by atoms with Gasteiger partial charge in [-0.25, -0.2) is 13.4 Å². The molecular formula is C12H10N2O3S2. The Bertz CT molecular complexity index is 713. The second kappa shape index (κ2) is 5.84. The fourth-order valence-electron chi connectivity index (χ4n) is 1.38. The van der Waals surface area contributed by atoms with Crippen LogP contribution >= 0.6 is 11.3 Å². The molecule has 0 aliphatic rings. The molecule has 1 aromatic heterocycles. The second-order valence-electron chi connectivity index (χ2n) is 3.40. The van der Waals surface area contributed by atoms with Crippen molar-refractivity contribution >= 4 is 26.5 Å². The van der Waals surface area contributed by atoms with Gasteiger partial charge in [0.15, 0.2) is 5.13 Å². The number of hydrogen-bond acceptors (Lipinski definition) is 5. The normalized spacial score (nSPS) is 10.6. The van der Waals surface area contributed by atoms with Crippen molar-refractivity contribution in [1.29, 1.82) is 0 Å². The molecule has 7 heteroatoms. The lowest BCUT2D eigenvalue weighted by Crippen LogP contribution is -2.14. The number of rotatable bonds is 3. The minimum Gasteiger partial charge on any atom is -0.384 e. The predicted molar refractivity (Wildman–Crippen MR) is 73.3 cm³/mol. The molecule has 0 atom stereocenters. The smallest absolute Gasteiger partial charge is 0.264 e. The highest BCUT2D eigenvalue weighted by atomic mass is 32.2. The number of nitrogens with zero attached hydrogens (tertiary/aromatic N) is 1. The van der Waals surface area contributed by atoms with Crippen molar-refractivity contribution in [3.05, 3.63) is 41.4 Å². The van der Waals surface area contributed by atoms with Gasteiger partial charge in [0.1, 0.15) is 11.5 Å². The fraction of sp³-hybridized carbons (Fsp3) is 0.0833. The number of hydrogen-bond donors (Lipinski definition) is 2. The van der Waals surface area contributed by atoms with Gasteiger partial charge in [0.2, 0.25) is 0 Å². The van der Waals surface area contributed by atoms with Crippen molar-refractivity contribution in [2.75, 3.05) is 11.3 Å². The Morgan fingerprint density at radius 3 is 2.84 bits per heavy atom. The molecule has 98 valence electrons. The Labute approximate surface area is 115 Å². The summed E-state index contributed by atoms with van der Waals surface area (Å²) in [6.07, 6.45) is 1.51. The lowest BCUT2D eigenvalue weighted by atomic mass is 10.2. The lowest BCUT2D eigenvalue weighted by molar-refractivity contribution is 0.350. The van der Waals surface area contributed by atoms with E-state index in [1.165, 1.54) is 23.6 Å². The first-order valence-electron chi connectivity index (χ1n) is 5.24. The number of benzene rings is 1. The molecule has 5 nitrogen and oxygen atoms in total.